The number of amides is 1. The summed E-state index contributed by atoms with van der Waals surface area (Å²) < 4.78 is 5.80. The van der Waals surface area contributed by atoms with E-state index in [2.05, 4.69) is 31.5 Å². The van der Waals surface area contributed by atoms with E-state index < -0.39 is 0 Å². The number of hydrogen-bond acceptors (Lipinski definition) is 4. The number of ether oxygens (including phenoxy) is 1. The van der Waals surface area contributed by atoms with Crippen molar-refractivity contribution in [1.29, 1.82) is 0 Å². The molecule has 0 unspecified atom stereocenters. The van der Waals surface area contributed by atoms with Crippen molar-refractivity contribution in [1.82, 2.24) is 4.98 Å². The number of hydrogen-bond donors (Lipinski definition) is 2. The van der Waals surface area contributed by atoms with Gasteiger partial charge in [-0.2, -0.15) is 0 Å². The van der Waals surface area contributed by atoms with Gasteiger partial charge in [0.15, 0.2) is 0 Å². The number of aromatic nitrogens is 1. The molecule has 21 heavy (non-hydrogen) atoms. The van der Waals surface area contributed by atoms with Gasteiger partial charge in [0.2, 0.25) is 0 Å². The van der Waals surface area contributed by atoms with Crippen molar-refractivity contribution in [2.24, 2.45) is 0 Å². The molecule has 1 heterocycles. The molecule has 6 heteroatoms. The first-order valence-electron chi connectivity index (χ1n) is 6.45. The molecule has 0 spiro atoms. The van der Waals surface area contributed by atoms with E-state index >= 15 is 0 Å². The Morgan fingerprint density at radius 2 is 2.14 bits per heavy atom. The first kappa shape index (κ1) is 15.5. The van der Waals surface area contributed by atoms with E-state index in [1.54, 1.807) is 25.4 Å². The van der Waals surface area contributed by atoms with Gasteiger partial charge >= 0.3 is 0 Å². The van der Waals surface area contributed by atoms with Crippen molar-refractivity contribution in [2.45, 2.75) is 0 Å². The van der Waals surface area contributed by atoms with Crippen molar-refractivity contribution < 1.29 is 9.53 Å². The third-order valence-electron chi connectivity index (χ3n) is 2.76. The number of anilines is 2. The highest BCUT2D eigenvalue weighted by Crippen LogP contribution is 2.22. The van der Waals surface area contributed by atoms with E-state index in [4.69, 9.17) is 4.74 Å². The summed E-state index contributed by atoms with van der Waals surface area (Å²) in [7, 11) is 1.64. The monoisotopic (exact) mass is 349 g/mol. The van der Waals surface area contributed by atoms with E-state index in [1.807, 2.05) is 24.3 Å². The topological polar surface area (TPSA) is 63.2 Å². The third-order valence-corrected chi connectivity index (χ3v) is 3.45. The Kier molecular flexibility index (Phi) is 5.71. The molecule has 0 atom stereocenters. The van der Waals surface area contributed by atoms with Crippen molar-refractivity contribution in [3.8, 4) is 0 Å². The van der Waals surface area contributed by atoms with Crippen LogP contribution < -0.4 is 10.6 Å². The fourth-order valence-electron chi connectivity index (χ4n) is 1.71. The van der Waals surface area contributed by atoms with E-state index in [0.717, 1.165) is 10.2 Å². The molecular weight excluding hydrogens is 334 g/mol. The van der Waals surface area contributed by atoms with Crippen LogP contribution in [0.5, 0.6) is 0 Å². The largest absolute Gasteiger partial charge is 0.383 e. The normalized spacial score (nSPS) is 10.2. The minimum atomic E-state index is -0.181. The Labute approximate surface area is 131 Å². The van der Waals surface area contributed by atoms with Gasteiger partial charge in [0.1, 0.15) is 5.82 Å². The molecule has 1 amide bonds. The number of nitrogens with zero attached hydrogens (tertiary/aromatic N) is 1. The summed E-state index contributed by atoms with van der Waals surface area (Å²) in [4.78, 5) is 16.4. The van der Waals surface area contributed by atoms with Gasteiger partial charge in [-0.25, -0.2) is 4.98 Å². The van der Waals surface area contributed by atoms with Crippen LogP contribution in [0.1, 0.15) is 10.4 Å². The molecule has 2 rings (SSSR count). The SMILES string of the molecule is COCCNc1cc(C(=O)Nc2ccccc2Br)ccn1. The molecular formula is C15H16BrN3O2. The molecule has 0 aliphatic carbocycles. The lowest BCUT2D eigenvalue weighted by molar-refractivity contribution is 0.102. The Hall–Kier alpha value is -1.92. The second kappa shape index (κ2) is 7.75. The minimum absolute atomic E-state index is 0.181. The number of para-hydroxylation sites is 1. The lowest BCUT2D eigenvalue weighted by Crippen LogP contribution is -2.14. The molecule has 2 N–H and O–H groups in total. The summed E-state index contributed by atoms with van der Waals surface area (Å²) >= 11 is 3.40. The molecule has 1 aromatic heterocycles. The van der Waals surface area contributed by atoms with Crippen LogP contribution in [0.2, 0.25) is 0 Å². The van der Waals surface area contributed by atoms with Gasteiger partial charge in [-0.1, -0.05) is 12.1 Å². The van der Waals surface area contributed by atoms with Gasteiger partial charge in [-0.05, 0) is 40.2 Å². The molecule has 1 aromatic carbocycles. The van der Waals surface area contributed by atoms with Gasteiger partial charge in [-0.3, -0.25) is 4.79 Å². The highest BCUT2D eigenvalue weighted by atomic mass is 79.9. The second-order valence-corrected chi connectivity index (χ2v) is 5.14. The predicted molar refractivity (Wildman–Crippen MR) is 86.7 cm³/mol. The van der Waals surface area contributed by atoms with Crippen molar-refractivity contribution in [3.63, 3.8) is 0 Å². The number of carbonyl (C=O) groups excluding carboxylic acids is 1. The maximum Gasteiger partial charge on any atom is 0.255 e. The minimum Gasteiger partial charge on any atom is -0.383 e. The summed E-state index contributed by atoms with van der Waals surface area (Å²) in [5.74, 6) is 0.464. The number of rotatable bonds is 6. The molecule has 0 aliphatic heterocycles. The Bertz CT molecular complexity index is 619. The number of carbonyl (C=O) groups is 1. The van der Waals surface area contributed by atoms with Crippen molar-refractivity contribution in [3.05, 3.63) is 52.6 Å². The first-order valence-corrected chi connectivity index (χ1v) is 7.25. The van der Waals surface area contributed by atoms with E-state index in [-0.39, 0.29) is 5.91 Å². The number of benzene rings is 1. The predicted octanol–water partition coefficient (Wildman–Crippen LogP) is 3.15. The zero-order chi connectivity index (χ0) is 15.1. The standard InChI is InChI=1S/C15H16BrN3O2/c1-21-9-8-18-14-10-11(6-7-17-14)15(20)19-13-5-3-2-4-12(13)16/h2-7,10H,8-9H2,1H3,(H,17,18)(H,19,20). The molecule has 5 nitrogen and oxygen atoms in total. The van der Waals surface area contributed by atoms with E-state index in [9.17, 15) is 4.79 Å². The maximum absolute atomic E-state index is 12.2. The highest BCUT2D eigenvalue weighted by molar-refractivity contribution is 9.10. The lowest BCUT2D eigenvalue weighted by atomic mass is 10.2. The fourth-order valence-corrected chi connectivity index (χ4v) is 2.09. The maximum atomic E-state index is 12.2. The Balaban J connectivity index is 2.05. The lowest BCUT2D eigenvalue weighted by Gasteiger charge is -2.09. The van der Waals surface area contributed by atoms with Gasteiger partial charge in [-0.15, -0.1) is 0 Å². The molecule has 0 saturated heterocycles. The molecule has 0 bridgehead atoms. The highest BCUT2D eigenvalue weighted by Gasteiger charge is 2.09. The zero-order valence-corrected chi connectivity index (χ0v) is 13.2. The van der Waals surface area contributed by atoms with Gasteiger partial charge in [0.05, 0.1) is 12.3 Å². The third kappa shape index (κ3) is 4.54. The summed E-state index contributed by atoms with van der Waals surface area (Å²) in [6.45, 7) is 1.22. The van der Waals surface area contributed by atoms with Crippen LogP contribution in [0.4, 0.5) is 11.5 Å². The van der Waals surface area contributed by atoms with Crippen LogP contribution in [0, 0.1) is 0 Å². The molecule has 0 saturated carbocycles. The quantitative estimate of drug-likeness (QED) is 0.786. The average molecular weight is 350 g/mol. The van der Waals surface area contributed by atoms with Crippen LogP contribution in [0.25, 0.3) is 0 Å². The van der Waals surface area contributed by atoms with Gasteiger partial charge in [0, 0.05) is 29.9 Å². The van der Waals surface area contributed by atoms with Crippen LogP contribution in [0.15, 0.2) is 47.1 Å². The smallest absolute Gasteiger partial charge is 0.255 e. The number of methoxy groups -OCH3 is 1. The summed E-state index contributed by atoms with van der Waals surface area (Å²) in [6, 6.07) is 10.9. The van der Waals surface area contributed by atoms with Crippen LogP contribution in [0.3, 0.4) is 0 Å². The molecule has 0 fully saturated rings. The van der Waals surface area contributed by atoms with Crippen LogP contribution in [-0.2, 0) is 4.74 Å². The van der Waals surface area contributed by atoms with Gasteiger partial charge in [0.25, 0.3) is 5.91 Å². The summed E-state index contributed by atoms with van der Waals surface area (Å²) in [5, 5.41) is 5.95. The molecule has 2 aromatic rings. The molecule has 0 aliphatic rings. The summed E-state index contributed by atoms with van der Waals surface area (Å²) in [6.07, 6.45) is 1.60. The molecule has 110 valence electrons. The van der Waals surface area contributed by atoms with E-state index in [1.165, 1.54) is 0 Å². The zero-order valence-electron chi connectivity index (χ0n) is 11.6. The average Bonchev–Trinajstić information content (AvgIpc) is 2.50. The Morgan fingerprint density at radius 3 is 2.90 bits per heavy atom. The second-order valence-electron chi connectivity index (χ2n) is 4.28. The fraction of sp³-hybridized carbons (Fsp3) is 0.200. The van der Waals surface area contributed by atoms with Gasteiger partial charge < -0.3 is 15.4 Å². The van der Waals surface area contributed by atoms with Crippen LogP contribution in [-0.4, -0.2) is 31.2 Å². The number of halogens is 1. The van der Waals surface area contributed by atoms with Crippen molar-refractivity contribution in [2.75, 3.05) is 30.9 Å². The molecule has 0 radical (unpaired) electrons. The van der Waals surface area contributed by atoms with Crippen LogP contribution >= 0.6 is 15.9 Å². The number of pyridine rings is 1. The Morgan fingerprint density at radius 1 is 1.33 bits per heavy atom. The van der Waals surface area contributed by atoms with E-state index in [0.29, 0.717) is 24.5 Å². The summed E-state index contributed by atoms with van der Waals surface area (Å²) in [5.41, 5.74) is 1.27. The van der Waals surface area contributed by atoms with Crippen molar-refractivity contribution >= 4 is 33.3 Å². The first-order chi connectivity index (χ1) is 10.2. The number of nitrogens with one attached hydrogen (secondary N) is 2.